The van der Waals surface area contributed by atoms with Crippen LogP contribution in [0, 0.1) is 18.7 Å². The van der Waals surface area contributed by atoms with E-state index in [1.807, 2.05) is 30.3 Å². The number of halogens is 2. The van der Waals surface area contributed by atoms with Crippen molar-refractivity contribution in [3.05, 3.63) is 65.5 Å². The summed E-state index contributed by atoms with van der Waals surface area (Å²) in [6.45, 7) is 2.81. The Morgan fingerprint density at radius 3 is 2.48 bits per heavy atom. The van der Waals surface area contributed by atoms with Crippen LogP contribution in [0.4, 0.5) is 4.39 Å². The number of benzene rings is 2. The van der Waals surface area contributed by atoms with Crippen molar-refractivity contribution in [2.24, 2.45) is 11.7 Å². The van der Waals surface area contributed by atoms with Crippen LogP contribution in [0.3, 0.4) is 0 Å². The van der Waals surface area contributed by atoms with Crippen molar-refractivity contribution in [3.8, 4) is 0 Å². The van der Waals surface area contributed by atoms with E-state index in [9.17, 15) is 12.8 Å². The number of sulfonamides is 1. The van der Waals surface area contributed by atoms with Crippen LogP contribution in [-0.2, 0) is 10.0 Å². The Hall–Kier alpha value is -1.47. The fraction of sp³-hybridized carbons (Fsp3) is 0.333. The molecule has 0 bridgehead atoms. The second-order valence-electron chi connectivity index (χ2n) is 6.24. The molecule has 2 aromatic rings. The van der Waals surface area contributed by atoms with Crippen LogP contribution in [0.2, 0.25) is 0 Å². The Labute approximate surface area is 154 Å². The average Bonchev–Trinajstić information content (AvgIpc) is 3.03. The Kier molecular flexibility index (Phi) is 6.21. The summed E-state index contributed by atoms with van der Waals surface area (Å²) >= 11 is 0. The topological polar surface area (TPSA) is 63.4 Å². The van der Waals surface area contributed by atoms with Crippen molar-refractivity contribution in [1.29, 1.82) is 0 Å². The lowest BCUT2D eigenvalue weighted by molar-refractivity contribution is 0.458. The van der Waals surface area contributed by atoms with E-state index < -0.39 is 15.8 Å². The molecule has 2 atom stereocenters. The van der Waals surface area contributed by atoms with E-state index in [-0.39, 0.29) is 29.1 Å². The zero-order chi connectivity index (χ0) is 17.3. The molecule has 0 spiro atoms. The molecule has 0 amide bonds. The first-order chi connectivity index (χ1) is 11.4. The molecule has 1 heterocycles. The second-order valence-corrected chi connectivity index (χ2v) is 8.15. The molecule has 136 valence electrons. The van der Waals surface area contributed by atoms with E-state index in [0.717, 1.165) is 11.6 Å². The van der Waals surface area contributed by atoms with Gasteiger partial charge in [0.25, 0.3) is 0 Å². The Morgan fingerprint density at radius 1 is 1.16 bits per heavy atom. The summed E-state index contributed by atoms with van der Waals surface area (Å²) in [6, 6.07) is 13.7. The second kappa shape index (κ2) is 7.83. The van der Waals surface area contributed by atoms with E-state index >= 15 is 0 Å². The lowest BCUT2D eigenvalue weighted by Crippen LogP contribution is -2.30. The van der Waals surface area contributed by atoms with E-state index in [2.05, 4.69) is 0 Å². The van der Waals surface area contributed by atoms with Gasteiger partial charge in [-0.3, -0.25) is 0 Å². The highest BCUT2D eigenvalue weighted by Gasteiger charge is 2.39. The summed E-state index contributed by atoms with van der Waals surface area (Å²) in [5.41, 5.74) is 7.51. The first-order valence-electron chi connectivity index (χ1n) is 7.95. The van der Waals surface area contributed by atoms with Crippen molar-refractivity contribution >= 4 is 22.4 Å². The predicted molar refractivity (Wildman–Crippen MR) is 98.9 cm³/mol. The summed E-state index contributed by atoms with van der Waals surface area (Å²) in [5.74, 6) is -0.441. The smallest absolute Gasteiger partial charge is 0.243 e. The number of nitrogens with zero attached hydrogens (tertiary/aromatic N) is 1. The zero-order valence-electron chi connectivity index (χ0n) is 13.9. The molecule has 0 saturated carbocycles. The van der Waals surface area contributed by atoms with Crippen LogP contribution in [-0.4, -0.2) is 32.4 Å². The third-order valence-electron chi connectivity index (χ3n) is 4.71. The van der Waals surface area contributed by atoms with Crippen LogP contribution in [0.5, 0.6) is 0 Å². The van der Waals surface area contributed by atoms with Gasteiger partial charge in [0.1, 0.15) is 5.82 Å². The largest absolute Gasteiger partial charge is 0.330 e. The van der Waals surface area contributed by atoms with Gasteiger partial charge in [0, 0.05) is 19.0 Å². The molecule has 0 unspecified atom stereocenters. The minimum Gasteiger partial charge on any atom is -0.330 e. The molecule has 25 heavy (non-hydrogen) atoms. The Bertz CT molecular complexity index is 830. The molecule has 1 aliphatic heterocycles. The van der Waals surface area contributed by atoms with Gasteiger partial charge in [-0.1, -0.05) is 36.4 Å². The lowest BCUT2D eigenvalue weighted by atomic mass is 9.89. The Balaban J connectivity index is 0.00000225. The van der Waals surface area contributed by atoms with Gasteiger partial charge in [-0.05, 0) is 42.6 Å². The van der Waals surface area contributed by atoms with E-state index in [1.165, 1.54) is 16.4 Å². The molecular weight excluding hydrogens is 363 g/mol. The normalized spacial score (nSPS) is 21.1. The molecule has 2 N–H and O–H groups in total. The first kappa shape index (κ1) is 19.8. The quantitative estimate of drug-likeness (QED) is 0.881. The minimum atomic E-state index is -3.74. The standard InChI is InChI=1S/C18H21FN2O2S.ClH/c1-13-7-8-16(19)9-18(13)24(22,23)21-11-15(10-20)17(12-21)14-5-3-2-4-6-14;/h2-9,15,17H,10-12,20H2,1H3;1H/t15-,17+;/m1./s1. The van der Waals surface area contributed by atoms with Gasteiger partial charge >= 0.3 is 0 Å². The predicted octanol–water partition coefficient (Wildman–Crippen LogP) is 2.92. The summed E-state index contributed by atoms with van der Waals surface area (Å²) in [6.07, 6.45) is 0. The molecule has 1 fully saturated rings. The number of nitrogens with two attached hydrogens (primary N) is 1. The molecule has 2 aromatic carbocycles. The van der Waals surface area contributed by atoms with Gasteiger partial charge in [0.15, 0.2) is 0 Å². The Morgan fingerprint density at radius 2 is 1.84 bits per heavy atom. The zero-order valence-corrected chi connectivity index (χ0v) is 15.6. The highest BCUT2D eigenvalue weighted by molar-refractivity contribution is 7.89. The molecule has 4 nitrogen and oxygen atoms in total. The highest BCUT2D eigenvalue weighted by atomic mass is 35.5. The van der Waals surface area contributed by atoms with Gasteiger partial charge in [-0.15, -0.1) is 12.4 Å². The third-order valence-corrected chi connectivity index (χ3v) is 6.68. The number of aryl methyl sites for hydroxylation is 1. The van der Waals surface area contributed by atoms with E-state index in [0.29, 0.717) is 25.2 Å². The van der Waals surface area contributed by atoms with Crippen LogP contribution in [0.25, 0.3) is 0 Å². The average molecular weight is 385 g/mol. The summed E-state index contributed by atoms with van der Waals surface area (Å²) in [5, 5.41) is 0. The van der Waals surface area contributed by atoms with Crippen molar-refractivity contribution in [2.75, 3.05) is 19.6 Å². The first-order valence-corrected chi connectivity index (χ1v) is 9.39. The van der Waals surface area contributed by atoms with Crippen LogP contribution in [0.15, 0.2) is 53.4 Å². The fourth-order valence-electron chi connectivity index (χ4n) is 3.34. The van der Waals surface area contributed by atoms with E-state index in [1.54, 1.807) is 6.92 Å². The van der Waals surface area contributed by atoms with Gasteiger partial charge in [0.05, 0.1) is 4.90 Å². The monoisotopic (exact) mass is 384 g/mol. The minimum absolute atomic E-state index is 0. The number of rotatable bonds is 4. The molecule has 1 aliphatic rings. The van der Waals surface area contributed by atoms with Gasteiger partial charge in [0.2, 0.25) is 10.0 Å². The summed E-state index contributed by atoms with van der Waals surface area (Å²) < 4.78 is 40.9. The maximum atomic E-state index is 13.5. The molecular formula is C18H22ClFN2O2S. The van der Waals surface area contributed by atoms with Crippen LogP contribution in [0.1, 0.15) is 17.0 Å². The molecule has 0 aromatic heterocycles. The molecule has 3 rings (SSSR count). The highest BCUT2D eigenvalue weighted by Crippen LogP contribution is 2.35. The third kappa shape index (κ3) is 3.87. The number of hydrogen-bond acceptors (Lipinski definition) is 3. The molecule has 1 saturated heterocycles. The molecule has 0 aliphatic carbocycles. The SMILES string of the molecule is Cc1ccc(F)cc1S(=O)(=O)N1C[C@@H](CN)[C@H](c2ccccc2)C1.Cl. The number of hydrogen-bond donors (Lipinski definition) is 1. The summed E-state index contributed by atoms with van der Waals surface area (Å²) in [4.78, 5) is 0.0342. The van der Waals surface area contributed by atoms with Crippen molar-refractivity contribution < 1.29 is 12.8 Å². The van der Waals surface area contributed by atoms with Gasteiger partial charge in [-0.25, -0.2) is 12.8 Å². The van der Waals surface area contributed by atoms with Crippen molar-refractivity contribution in [2.45, 2.75) is 17.7 Å². The van der Waals surface area contributed by atoms with Gasteiger partial charge in [-0.2, -0.15) is 4.31 Å². The van der Waals surface area contributed by atoms with Gasteiger partial charge < -0.3 is 5.73 Å². The molecule has 0 radical (unpaired) electrons. The maximum absolute atomic E-state index is 13.5. The van der Waals surface area contributed by atoms with Crippen molar-refractivity contribution in [3.63, 3.8) is 0 Å². The fourth-order valence-corrected chi connectivity index (χ4v) is 5.09. The van der Waals surface area contributed by atoms with E-state index in [4.69, 9.17) is 5.73 Å². The maximum Gasteiger partial charge on any atom is 0.243 e. The van der Waals surface area contributed by atoms with Crippen LogP contribution >= 0.6 is 12.4 Å². The van der Waals surface area contributed by atoms with Crippen molar-refractivity contribution in [1.82, 2.24) is 4.31 Å². The van der Waals surface area contributed by atoms with Crippen LogP contribution < -0.4 is 5.73 Å². The summed E-state index contributed by atoms with van der Waals surface area (Å²) in [7, 11) is -3.74. The lowest BCUT2D eigenvalue weighted by Gasteiger charge is -2.18. The molecule has 7 heteroatoms.